The zero-order valence-corrected chi connectivity index (χ0v) is 46.4. The van der Waals surface area contributed by atoms with E-state index in [1.165, 1.54) is 53.3 Å². The zero-order valence-electron chi connectivity index (χ0n) is 30.0. The number of aliphatic imine (C=N–C) groups is 4. The van der Waals surface area contributed by atoms with E-state index in [0.29, 0.717) is 48.4 Å². The molecule has 0 spiro atoms. The first-order valence-electron chi connectivity index (χ1n) is 14.7. The van der Waals surface area contributed by atoms with Crippen LogP contribution in [0.15, 0.2) is 92.8 Å². The van der Waals surface area contributed by atoms with E-state index in [2.05, 4.69) is 20.0 Å². The fourth-order valence-corrected chi connectivity index (χ4v) is 4.06. The van der Waals surface area contributed by atoms with Crippen LogP contribution in [-0.4, -0.2) is 79.5 Å². The predicted molar refractivity (Wildman–Crippen MR) is 180 cm³/mol. The fraction of sp³-hybridized carbons (Fsp3) is 0.222. The maximum atomic E-state index is 11.9. The van der Waals surface area contributed by atoms with Crippen molar-refractivity contribution in [2.24, 2.45) is 20.0 Å². The van der Waals surface area contributed by atoms with Crippen LogP contribution in [0.2, 0.25) is 0 Å². The quantitative estimate of drug-likeness (QED) is 0.0549. The molecule has 0 atom stereocenters. The van der Waals surface area contributed by atoms with Crippen molar-refractivity contribution in [3.05, 3.63) is 95.1 Å². The third-order valence-electron chi connectivity index (χ3n) is 6.55. The third-order valence-corrected chi connectivity index (χ3v) is 6.55. The van der Waals surface area contributed by atoms with E-state index in [9.17, 15) is 20.4 Å². The molecule has 0 saturated carbocycles. The fourth-order valence-electron chi connectivity index (χ4n) is 4.06. The normalized spacial score (nSPS) is 10.2. The number of hydrogen-bond acceptors (Lipinski definition) is 12. The molecule has 0 unspecified atom stereocenters. The molecule has 4 aromatic carbocycles. The minimum Gasteiger partial charge on any atom is -1.00 e. The van der Waals surface area contributed by atoms with Crippen molar-refractivity contribution in [2.45, 2.75) is 0 Å². The van der Waals surface area contributed by atoms with Crippen molar-refractivity contribution in [2.75, 3.05) is 54.6 Å². The Hall–Kier alpha value is -1.81. The summed E-state index contributed by atoms with van der Waals surface area (Å²) in [4.78, 5) is 16.7. The van der Waals surface area contributed by atoms with Gasteiger partial charge in [-0.05, 0) is 46.5 Å². The maximum Gasteiger partial charge on any atom is 2.00 e. The van der Waals surface area contributed by atoms with Crippen LogP contribution in [0.25, 0.3) is 0 Å². The van der Waals surface area contributed by atoms with Gasteiger partial charge in [-0.2, -0.15) is 0 Å². The summed E-state index contributed by atoms with van der Waals surface area (Å²) in [5, 5.41) is 47.6. The van der Waals surface area contributed by atoms with Crippen LogP contribution in [0.4, 0.5) is 0 Å². The number of rotatable bonds is 14. The van der Waals surface area contributed by atoms with Crippen molar-refractivity contribution in [1.29, 1.82) is 0 Å². The van der Waals surface area contributed by atoms with E-state index in [0.717, 1.165) is 0 Å². The van der Waals surface area contributed by atoms with E-state index in [1.807, 2.05) is 0 Å². The number of halogens is 2. The molecule has 268 valence electrons. The molecule has 17 heteroatoms. The van der Waals surface area contributed by atoms with E-state index in [1.54, 1.807) is 72.8 Å². The second-order valence-corrected chi connectivity index (χ2v) is 9.66. The SMILES string of the molecule is COc1cccc(C=NCCN=Cc2cccc(OC)c2[O-])c1[O-].COc1cccc(C=NCCN=Cc2cccc(OC)c2[O-])c1[O-].[Cd+2].[Cd+2].[Cd+2].[I-].[I-]. The topological polar surface area (TPSA) is 179 Å². The van der Waals surface area contributed by atoms with E-state index in [4.69, 9.17) is 18.9 Å². The number of hydrogen-bond donors (Lipinski definition) is 0. The van der Waals surface area contributed by atoms with Crippen molar-refractivity contribution in [3.8, 4) is 46.0 Å². The summed E-state index contributed by atoms with van der Waals surface area (Å²) in [7, 11) is 5.81. The van der Waals surface area contributed by atoms with Crippen LogP contribution in [0.1, 0.15) is 22.3 Å². The minimum atomic E-state index is -0.195. The van der Waals surface area contributed by atoms with Gasteiger partial charge in [0, 0.05) is 24.9 Å². The van der Waals surface area contributed by atoms with Crippen molar-refractivity contribution >= 4 is 24.9 Å². The summed E-state index contributed by atoms with van der Waals surface area (Å²) in [5.74, 6) is 0.380. The number of methoxy groups -OCH3 is 4. The summed E-state index contributed by atoms with van der Waals surface area (Å²) in [6.45, 7) is 1.63. The Morgan fingerprint density at radius 3 is 0.755 bits per heavy atom. The summed E-state index contributed by atoms with van der Waals surface area (Å²) >= 11 is 0. The molecule has 0 heterocycles. The summed E-state index contributed by atoms with van der Waals surface area (Å²) in [6, 6.07) is 20.1. The van der Waals surface area contributed by atoms with E-state index >= 15 is 0 Å². The van der Waals surface area contributed by atoms with Gasteiger partial charge in [0.25, 0.3) is 0 Å². The zero-order chi connectivity index (χ0) is 34.7. The molecular weight excluding hydrogens is 1210 g/mol. The Labute approximate surface area is 404 Å². The Morgan fingerprint density at radius 1 is 0.396 bits per heavy atom. The third kappa shape index (κ3) is 18.1. The van der Waals surface area contributed by atoms with Crippen molar-refractivity contribution in [1.82, 2.24) is 0 Å². The molecule has 12 nitrogen and oxygen atoms in total. The summed E-state index contributed by atoms with van der Waals surface area (Å²) in [6.07, 6.45) is 6.02. The van der Waals surface area contributed by atoms with Crippen LogP contribution in [0.3, 0.4) is 0 Å². The Kier molecular flexibility index (Phi) is 32.9. The molecule has 0 saturated heterocycles. The Balaban J connectivity index is -0.000000862. The Bertz CT molecular complexity index is 1510. The molecule has 0 aliphatic heterocycles. The number of para-hydroxylation sites is 4. The van der Waals surface area contributed by atoms with Gasteiger partial charge in [-0.15, -0.1) is 0 Å². The van der Waals surface area contributed by atoms with Gasteiger partial charge in [-0.1, -0.05) is 71.5 Å². The number of ether oxygens (including phenoxy) is 4. The smallest absolute Gasteiger partial charge is 1.00 e. The van der Waals surface area contributed by atoms with E-state index < -0.39 is 0 Å². The van der Waals surface area contributed by atoms with Crippen LogP contribution in [0, 0.1) is 0 Å². The molecule has 0 radical (unpaired) electrons. The molecule has 0 N–H and O–H groups in total. The van der Waals surface area contributed by atoms with Crippen LogP contribution < -0.4 is 87.3 Å². The van der Waals surface area contributed by atoms with Gasteiger partial charge in [-0.3, -0.25) is 20.0 Å². The molecule has 0 fully saturated rings. The van der Waals surface area contributed by atoms with Gasteiger partial charge in [0.2, 0.25) is 0 Å². The second kappa shape index (κ2) is 31.4. The van der Waals surface area contributed by atoms with Gasteiger partial charge in [-0.25, -0.2) is 0 Å². The second-order valence-electron chi connectivity index (χ2n) is 9.66. The van der Waals surface area contributed by atoms with Gasteiger partial charge in [0.15, 0.2) is 0 Å². The predicted octanol–water partition coefficient (Wildman–Crippen LogP) is -3.22. The maximum absolute atomic E-state index is 11.9. The summed E-state index contributed by atoms with van der Waals surface area (Å²) in [5.41, 5.74) is 1.86. The van der Waals surface area contributed by atoms with Crippen LogP contribution in [0.5, 0.6) is 46.0 Å². The molecule has 0 amide bonds. The largest absolute Gasteiger partial charge is 2.00 e. The van der Waals surface area contributed by atoms with Crippen molar-refractivity contribution < 1.29 is 169 Å². The number of benzene rings is 4. The molecule has 53 heavy (non-hydrogen) atoms. The van der Waals surface area contributed by atoms with Gasteiger partial charge < -0.3 is 87.3 Å². The number of nitrogens with zero attached hydrogens (tertiary/aromatic N) is 4. The van der Waals surface area contributed by atoms with Gasteiger partial charge in [0.05, 0.1) is 54.6 Å². The minimum absolute atomic E-state index is 0. The summed E-state index contributed by atoms with van der Waals surface area (Å²) < 4.78 is 19.9. The van der Waals surface area contributed by atoms with Crippen molar-refractivity contribution in [3.63, 3.8) is 0 Å². The molecule has 0 aromatic heterocycles. The molecule has 0 bridgehead atoms. The molecule has 4 aromatic rings. The van der Waals surface area contributed by atoms with Gasteiger partial charge >= 0.3 is 81.9 Å². The first-order valence-corrected chi connectivity index (χ1v) is 14.7. The average Bonchev–Trinajstić information content (AvgIpc) is 3.10. The standard InChI is InChI=1S/2C18H20N2O4.3Cd.2HI/c2*1-23-15-7-3-5-13(17(15)21)11-19-9-10-20-12-14-6-4-8-16(24-2)18(14)22;;;;;/h2*3-8,11-12,21-22H,9-10H2,1-2H3;;;;2*1H/q;;3*+2;;/p-6. The Morgan fingerprint density at radius 2 is 0.585 bits per heavy atom. The van der Waals surface area contributed by atoms with E-state index in [-0.39, 0.29) is 176 Å². The molecular formula is C36H36Cd3I2N4O8. The van der Waals surface area contributed by atoms with Crippen LogP contribution >= 0.6 is 0 Å². The average molecular weight is 1240 g/mol. The first-order chi connectivity index (χ1) is 23.3. The van der Waals surface area contributed by atoms with Crippen LogP contribution in [-0.2, 0) is 81.9 Å². The van der Waals surface area contributed by atoms with Gasteiger partial charge in [0.1, 0.15) is 23.0 Å². The molecule has 0 aliphatic carbocycles. The molecule has 0 aliphatic rings. The molecule has 4 rings (SSSR count). The monoisotopic (exact) mass is 1250 g/mol. The first kappa shape index (κ1) is 55.5.